The van der Waals surface area contributed by atoms with Crippen LogP contribution in [0.2, 0.25) is 0 Å². The Kier molecular flexibility index (Phi) is 3.28. The molecule has 0 unspecified atom stereocenters. The summed E-state index contributed by atoms with van der Waals surface area (Å²) in [5, 5.41) is 8.44. The van der Waals surface area contributed by atoms with Gasteiger partial charge in [-0.3, -0.25) is 4.98 Å². The van der Waals surface area contributed by atoms with Crippen molar-refractivity contribution in [3.63, 3.8) is 0 Å². The third kappa shape index (κ3) is 2.18. The van der Waals surface area contributed by atoms with Crippen molar-refractivity contribution in [2.45, 2.75) is 6.42 Å². The zero-order valence-electron chi connectivity index (χ0n) is 9.12. The molecule has 2 aromatic rings. The van der Waals surface area contributed by atoms with Crippen LogP contribution in [0.3, 0.4) is 0 Å². The van der Waals surface area contributed by atoms with Crippen LogP contribution in [-0.2, 0) is 6.42 Å². The molecule has 18 heavy (non-hydrogen) atoms. The largest absolute Gasteiger partial charge is 0.256 e. The van der Waals surface area contributed by atoms with Crippen molar-refractivity contribution in [3.8, 4) is 17.2 Å². The molecule has 0 radical (unpaired) electrons. The smallest absolute Gasteiger partial charge is 0.166 e. The molecule has 1 aromatic carbocycles. The van der Waals surface area contributed by atoms with Crippen LogP contribution in [0.25, 0.3) is 11.1 Å². The number of hydrogen-bond acceptors (Lipinski definition) is 2. The molecule has 0 aliphatic rings. The second kappa shape index (κ2) is 4.88. The van der Waals surface area contributed by atoms with Crippen molar-refractivity contribution >= 4 is 0 Å². The Morgan fingerprint density at radius 3 is 2.61 bits per heavy atom. The highest BCUT2D eigenvalue weighted by Gasteiger charge is 2.12. The molecule has 2 nitrogen and oxygen atoms in total. The van der Waals surface area contributed by atoms with Gasteiger partial charge < -0.3 is 0 Å². The summed E-state index contributed by atoms with van der Waals surface area (Å²) in [6, 6.07) is 6.45. The van der Waals surface area contributed by atoms with Crippen LogP contribution in [0, 0.1) is 28.8 Å². The number of pyridine rings is 1. The predicted molar refractivity (Wildman–Crippen MR) is 58.9 cm³/mol. The first kappa shape index (κ1) is 12.1. The highest BCUT2D eigenvalue weighted by molar-refractivity contribution is 5.63. The van der Waals surface area contributed by atoms with E-state index in [4.69, 9.17) is 5.26 Å². The van der Waals surface area contributed by atoms with E-state index in [-0.39, 0.29) is 23.2 Å². The number of benzene rings is 1. The van der Waals surface area contributed by atoms with Gasteiger partial charge in [0.15, 0.2) is 11.6 Å². The van der Waals surface area contributed by atoms with Gasteiger partial charge in [-0.15, -0.1) is 0 Å². The number of aromatic nitrogens is 1. The van der Waals surface area contributed by atoms with Gasteiger partial charge >= 0.3 is 0 Å². The molecule has 0 aliphatic carbocycles. The van der Waals surface area contributed by atoms with E-state index in [0.29, 0.717) is 0 Å². The number of halogens is 3. The van der Waals surface area contributed by atoms with Gasteiger partial charge in [-0.2, -0.15) is 5.26 Å². The van der Waals surface area contributed by atoms with E-state index in [2.05, 4.69) is 4.98 Å². The van der Waals surface area contributed by atoms with Gasteiger partial charge in [-0.25, -0.2) is 13.2 Å². The molecule has 0 saturated heterocycles. The average Bonchev–Trinajstić information content (AvgIpc) is 2.35. The Hall–Kier alpha value is -2.35. The summed E-state index contributed by atoms with van der Waals surface area (Å²) < 4.78 is 40.0. The Balaban J connectivity index is 2.50. The molecule has 1 heterocycles. The van der Waals surface area contributed by atoms with Gasteiger partial charge in [-0.05, 0) is 12.1 Å². The fourth-order valence-corrected chi connectivity index (χ4v) is 1.55. The third-order valence-corrected chi connectivity index (χ3v) is 2.43. The molecule has 0 aliphatic heterocycles. The average molecular weight is 248 g/mol. The summed E-state index contributed by atoms with van der Waals surface area (Å²) in [5.74, 6) is -2.77. The summed E-state index contributed by atoms with van der Waals surface area (Å²) in [4.78, 5) is 3.73. The maximum atomic E-state index is 13.5. The van der Waals surface area contributed by atoms with E-state index in [1.165, 1.54) is 18.3 Å². The number of nitrogens with zero attached hydrogens (tertiary/aromatic N) is 2. The van der Waals surface area contributed by atoms with Gasteiger partial charge in [0, 0.05) is 17.3 Å². The third-order valence-electron chi connectivity index (χ3n) is 2.43. The number of nitriles is 1. The first-order valence-electron chi connectivity index (χ1n) is 5.09. The summed E-state index contributed by atoms with van der Waals surface area (Å²) in [5.41, 5.74) is 0.0501. The summed E-state index contributed by atoms with van der Waals surface area (Å²) >= 11 is 0. The second-order valence-electron chi connectivity index (χ2n) is 3.59. The first-order valence-corrected chi connectivity index (χ1v) is 5.09. The number of rotatable bonds is 2. The van der Waals surface area contributed by atoms with E-state index >= 15 is 0 Å². The maximum absolute atomic E-state index is 13.5. The van der Waals surface area contributed by atoms with Crippen LogP contribution >= 0.6 is 0 Å². The van der Waals surface area contributed by atoms with E-state index in [9.17, 15) is 13.2 Å². The van der Waals surface area contributed by atoms with Gasteiger partial charge in [-0.1, -0.05) is 12.1 Å². The molecule has 0 spiro atoms. The van der Waals surface area contributed by atoms with Crippen LogP contribution in [0.5, 0.6) is 0 Å². The Bertz CT molecular complexity index is 633. The fourth-order valence-electron chi connectivity index (χ4n) is 1.55. The van der Waals surface area contributed by atoms with Crippen molar-refractivity contribution in [1.29, 1.82) is 5.26 Å². The van der Waals surface area contributed by atoms with Crippen molar-refractivity contribution in [2.24, 2.45) is 0 Å². The maximum Gasteiger partial charge on any atom is 0.166 e. The molecule has 2 rings (SSSR count). The summed E-state index contributed by atoms with van der Waals surface area (Å²) in [7, 11) is 0. The van der Waals surface area contributed by atoms with Gasteiger partial charge in [0.1, 0.15) is 5.82 Å². The van der Waals surface area contributed by atoms with Crippen molar-refractivity contribution < 1.29 is 13.2 Å². The van der Waals surface area contributed by atoms with E-state index in [1.54, 1.807) is 6.07 Å². The molecule has 0 saturated carbocycles. The Labute approximate surface area is 101 Å². The van der Waals surface area contributed by atoms with Gasteiger partial charge in [0.2, 0.25) is 0 Å². The second-order valence-corrected chi connectivity index (χ2v) is 3.59. The molecule has 0 atom stereocenters. The Morgan fingerprint density at radius 1 is 1.17 bits per heavy atom. The fraction of sp³-hybridized carbons (Fsp3) is 0.0769. The van der Waals surface area contributed by atoms with Crippen LogP contribution < -0.4 is 0 Å². The van der Waals surface area contributed by atoms with E-state index < -0.39 is 17.5 Å². The molecule has 0 fully saturated rings. The molecule has 90 valence electrons. The lowest BCUT2D eigenvalue weighted by Crippen LogP contribution is -1.96. The monoisotopic (exact) mass is 248 g/mol. The minimum absolute atomic E-state index is 0.0157. The van der Waals surface area contributed by atoms with Gasteiger partial charge in [0.25, 0.3) is 0 Å². The highest BCUT2D eigenvalue weighted by Crippen LogP contribution is 2.25. The standard InChI is InChI=1S/C13H7F3N2/c14-10-3-1-2-9(13(10)16)8-6-11(15)12(4-5-17)18-7-8/h1-3,6-7H,4H2. The van der Waals surface area contributed by atoms with E-state index in [0.717, 1.165) is 12.1 Å². The lowest BCUT2D eigenvalue weighted by atomic mass is 10.1. The van der Waals surface area contributed by atoms with Crippen LogP contribution in [0.1, 0.15) is 5.69 Å². The zero-order chi connectivity index (χ0) is 13.1. The minimum Gasteiger partial charge on any atom is -0.256 e. The summed E-state index contributed by atoms with van der Waals surface area (Å²) in [6.45, 7) is 0. The highest BCUT2D eigenvalue weighted by atomic mass is 19.2. The van der Waals surface area contributed by atoms with Crippen LogP contribution in [-0.4, -0.2) is 4.98 Å². The molecular weight excluding hydrogens is 241 g/mol. The molecule has 0 N–H and O–H groups in total. The summed E-state index contributed by atoms with van der Waals surface area (Å²) in [6.07, 6.45) is 1.05. The van der Waals surface area contributed by atoms with Gasteiger partial charge in [0.05, 0.1) is 18.2 Å². The van der Waals surface area contributed by atoms with Crippen LogP contribution in [0.15, 0.2) is 30.5 Å². The first-order chi connectivity index (χ1) is 8.63. The minimum atomic E-state index is -1.05. The molecule has 1 aromatic heterocycles. The lowest BCUT2D eigenvalue weighted by molar-refractivity contribution is 0.511. The zero-order valence-corrected chi connectivity index (χ0v) is 9.12. The van der Waals surface area contributed by atoms with Crippen molar-refractivity contribution in [1.82, 2.24) is 4.98 Å². The quantitative estimate of drug-likeness (QED) is 0.818. The molecular formula is C13H7F3N2. The predicted octanol–water partition coefficient (Wildman–Crippen LogP) is 3.23. The SMILES string of the molecule is N#CCc1ncc(-c2cccc(F)c2F)cc1F. The molecule has 5 heteroatoms. The topological polar surface area (TPSA) is 36.7 Å². The normalized spacial score (nSPS) is 10.1. The molecule has 0 amide bonds. The van der Waals surface area contributed by atoms with Crippen molar-refractivity contribution in [2.75, 3.05) is 0 Å². The Morgan fingerprint density at radius 2 is 1.94 bits per heavy atom. The number of hydrogen-bond donors (Lipinski definition) is 0. The van der Waals surface area contributed by atoms with Crippen molar-refractivity contribution in [3.05, 3.63) is 53.6 Å². The van der Waals surface area contributed by atoms with E-state index in [1.807, 2.05) is 0 Å². The lowest BCUT2D eigenvalue weighted by Gasteiger charge is -2.05. The van der Waals surface area contributed by atoms with Crippen LogP contribution in [0.4, 0.5) is 13.2 Å². The molecule has 0 bridgehead atoms.